The Labute approximate surface area is 213 Å². The van der Waals surface area contributed by atoms with E-state index in [0.29, 0.717) is 0 Å². The molecule has 0 aromatic heterocycles. The zero-order chi connectivity index (χ0) is 28.2. The molecule has 11 N–H and O–H groups in total. The average molecular weight is 534 g/mol. The Hall–Kier alpha value is -3.40. The van der Waals surface area contributed by atoms with Crippen molar-refractivity contribution >= 4 is 54.0 Å². The molecular formula is C20H35N7O8S. The molecule has 0 saturated carbocycles. The van der Waals surface area contributed by atoms with Gasteiger partial charge in [0, 0.05) is 5.75 Å². The molecule has 0 fully saturated rings. The summed E-state index contributed by atoms with van der Waals surface area (Å²) in [6, 6.07) is -6.53. The summed E-state index contributed by atoms with van der Waals surface area (Å²) in [5.74, 6) is -6.95. The van der Waals surface area contributed by atoms with E-state index >= 15 is 0 Å². The Balaban J connectivity index is 5.58. The average Bonchev–Trinajstić information content (AvgIpc) is 2.75. The number of carbonyl (C=O) groups excluding carboxylic acids is 6. The van der Waals surface area contributed by atoms with Gasteiger partial charge in [-0.15, -0.1) is 0 Å². The molecule has 0 aliphatic carbocycles. The molecule has 0 aromatic carbocycles. The van der Waals surface area contributed by atoms with Gasteiger partial charge in [-0.1, -0.05) is 13.8 Å². The largest absolute Gasteiger partial charge is 0.480 e. The Morgan fingerprint density at radius 1 is 0.722 bits per heavy atom. The van der Waals surface area contributed by atoms with E-state index in [1.54, 1.807) is 13.8 Å². The summed E-state index contributed by atoms with van der Waals surface area (Å²) >= 11 is 3.91. The fourth-order valence-electron chi connectivity index (χ4n) is 2.82. The quantitative estimate of drug-likeness (QED) is 0.0876. The number of nitrogens with two attached hydrogens (primary N) is 3. The Morgan fingerprint density at radius 3 is 1.61 bits per heavy atom. The van der Waals surface area contributed by atoms with Crippen LogP contribution in [0.3, 0.4) is 0 Å². The van der Waals surface area contributed by atoms with Gasteiger partial charge in [-0.25, -0.2) is 4.79 Å². The molecule has 204 valence electrons. The van der Waals surface area contributed by atoms with Crippen LogP contribution in [-0.2, 0) is 33.6 Å². The summed E-state index contributed by atoms with van der Waals surface area (Å²) in [4.78, 5) is 83.9. The van der Waals surface area contributed by atoms with Gasteiger partial charge in [0.05, 0.1) is 18.9 Å². The number of rotatable bonds is 16. The molecule has 5 unspecified atom stereocenters. The molecule has 0 saturated heterocycles. The summed E-state index contributed by atoms with van der Waals surface area (Å²) in [5.41, 5.74) is 15.7. The third-order valence-electron chi connectivity index (χ3n) is 4.68. The van der Waals surface area contributed by atoms with Crippen molar-refractivity contribution in [1.29, 1.82) is 0 Å². The molecule has 16 heteroatoms. The van der Waals surface area contributed by atoms with Crippen molar-refractivity contribution in [2.75, 3.05) is 5.75 Å². The molecular weight excluding hydrogens is 498 g/mol. The maximum Gasteiger partial charge on any atom is 0.326 e. The zero-order valence-corrected chi connectivity index (χ0v) is 21.2. The zero-order valence-electron chi connectivity index (χ0n) is 20.3. The van der Waals surface area contributed by atoms with Gasteiger partial charge in [-0.2, -0.15) is 12.6 Å². The number of nitrogens with one attached hydrogen (secondary N) is 4. The van der Waals surface area contributed by atoms with Gasteiger partial charge in [0.15, 0.2) is 0 Å². The van der Waals surface area contributed by atoms with E-state index in [1.165, 1.54) is 6.92 Å². The minimum Gasteiger partial charge on any atom is -0.480 e. The second kappa shape index (κ2) is 15.6. The van der Waals surface area contributed by atoms with E-state index < -0.39 is 84.5 Å². The third kappa shape index (κ3) is 12.3. The number of carbonyl (C=O) groups is 7. The predicted molar refractivity (Wildman–Crippen MR) is 130 cm³/mol. The van der Waals surface area contributed by atoms with E-state index in [2.05, 4.69) is 28.6 Å². The Morgan fingerprint density at radius 2 is 1.17 bits per heavy atom. The van der Waals surface area contributed by atoms with Crippen molar-refractivity contribution < 1.29 is 38.7 Å². The van der Waals surface area contributed by atoms with Crippen LogP contribution >= 0.6 is 12.6 Å². The molecule has 5 atom stereocenters. The van der Waals surface area contributed by atoms with Gasteiger partial charge >= 0.3 is 5.97 Å². The highest BCUT2D eigenvalue weighted by Gasteiger charge is 2.32. The molecule has 0 aliphatic rings. The summed E-state index contributed by atoms with van der Waals surface area (Å²) < 4.78 is 0. The smallest absolute Gasteiger partial charge is 0.326 e. The lowest BCUT2D eigenvalue weighted by molar-refractivity contribution is -0.144. The van der Waals surface area contributed by atoms with Crippen LogP contribution in [0.15, 0.2) is 0 Å². The fraction of sp³-hybridized carbons (Fsp3) is 0.650. The number of hydrogen-bond donors (Lipinski definition) is 9. The highest BCUT2D eigenvalue weighted by molar-refractivity contribution is 7.80. The van der Waals surface area contributed by atoms with E-state index in [9.17, 15) is 38.7 Å². The number of thiol groups is 1. The summed E-state index contributed by atoms with van der Waals surface area (Å²) in [6.45, 7) is 4.90. The van der Waals surface area contributed by atoms with Gasteiger partial charge in [0.1, 0.15) is 24.2 Å². The molecule has 0 spiro atoms. The van der Waals surface area contributed by atoms with Crippen molar-refractivity contribution in [2.24, 2.45) is 23.1 Å². The first-order chi connectivity index (χ1) is 16.6. The van der Waals surface area contributed by atoms with Gasteiger partial charge < -0.3 is 43.6 Å². The van der Waals surface area contributed by atoms with E-state index in [-0.39, 0.29) is 18.1 Å². The minimum atomic E-state index is -1.71. The van der Waals surface area contributed by atoms with Crippen LogP contribution in [0.2, 0.25) is 0 Å². The Bertz CT molecular complexity index is 854. The van der Waals surface area contributed by atoms with E-state index in [0.717, 1.165) is 0 Å². The summed E-state index contributed by atoms with van der Waals surface area (Å²) in [5, 5.41) is 18.3. The first-order valence-electron chi connectivity index (χ1n) is 11.0. The first-order valence-corrected chi connectivity index (χ1v) is 11.6. The molecule has 0 heterocycles. The highest BCUT2D eigenvalue weighted by atomic mass is 32.1. The van der Waals surface area contributed by atoms with Crippen molar-refractivity contribution in [3.05, 3.63) is 0 Å². The minimum absolute atomic E-state index is 0.0457. The first kappa shape index (κ1) is 32.6. The summed E-state index contributed by atoms with van der Waals surface area (Å²) in [7, 11) is 0. The topological polar surface area (TPSA) is 266 Å². The number of carboxylic acids is 1. The SMILES string of the molecule is CC(C)CC(NC(=O)C(C)NC(=O)C(N)CS)C(=O)NC(CC(N)=O)C(=O)NC(CC(N)=O)C(=O)O. The van der Waals surface area contributed by atoms with Gasteiger partial charge in [-0.3, -0.25) is 28.8 Å². The standard InChI is InChI=1S/C20H35N7O8S/c1-8(2)4-11(25-16(30)9(3)24-17(31)10(21)7-36)18(32)26-12(5-14(22)28)19(33)27-13(20(34)35)6-15(23)29/h8-13,36H,4-7,21H2,1-3H3,(H2,22,28)(H2,23,29)(H,24,31)(H,25,30)(H,26,32)(H,27,33)(H,34,35). The van der Waals surface area contributed by atoms with Crippen LogP contribution in [0.25, 0.3) is 0 Å². The van der Waals surface area contributed by atoms with Crippen LogP contribution < -0.4 is 38.5 Å². The second-order valence-electron chi connectivity index (χ2n) is 8.51. The fourth-order valence-corrected chi connectivity index (χ4v) is 2.99. The van der Waals surface area contributed by atoms with E-state index in [1.807, 2.05) is 5.32 Å². The summed E-state index contributed by atoms with van der Waals surface area (Å²) in [6.07, 6.45) is -1.32. The third-order valence-corrected chi connectivity index (χ3v) is 5.08. The molecule has 0 radical (unpaired) electrons. The maximum atomic E-state index is 12.9. The van der Waals surface area contributed by atoms with Gasteiger partial charge in [0.2, 0.25) is 35.4 Å². The maximum absolute atomic E-state index is 12.9. The van der Waals surface area contributed by atoms with Crippen molar-refractivity contribution in [3.63, 3.8) is 0 Å². The predicted octanol–water partition coefficient (Wildman–Crippen LogP) is -3.92. The number of amides is 6. The molecule has 0 aliphatic heterocycles. The molecule has 36 heavy (non-hydrogen) atoms. The van der Waals surface area contributed by atoms with Crippen LogP contribution in [0, 0.1) is 5.92 Å². The number of aliphatic carboxylic acids is 1. The molecule has 0 aromatic rings. The van der Waals surface area contributed by atoms with E-state index in [4.69, 9.17) is 17.2 Å². The van der Waals surface area contributed by atoms with Gasteiger partial charge in [-0.05, 0) is 19.3 Å². The molecule has 15 nitrogen and oxygen atoms in total. The normalized spacial score (nSPS) is 14.9. The lowest BCUT2D eigenvalue weighted by atomic mass is 10.0. The molecule has 6 amide bonds. The second-order valence-corrected chi connectivity index (χ2v) is 8.88. The number of carboxylic acid groups (broad SMARTS) is 1. The number of hydrogen-bond acceptors (Lipinski definition) is 9. The van der Waals surface area contributed by atoms with Crippen LogP contribution in [0.1, 0.15) is 40.0 Å². The van der Waals surface area contributed by atoms with Gasteiger partial charge in [0.25, 0.3) is 0 Å². The van der Waals surface area contributed by atoms with Crippen molar-refractivity contribution in [3.8, 4) is 0 Å². The van der Waals surface area contributed by atoms with Crippen molar-refractivity contribution in [2.45, 2.75) is 70.2 Å². The Kier molecular flexibility index (Phi) is 14.1. The molecule has 0 bridgehead atoms. The van der Waals surface area contributed by atoms with Crippen LogP contribution in [0.4, 0.5) is 0 Å². The lowest BCUT2D eigenvalue weighted by Gasteiger charge is -2.26. The molecule has 0 rings (SSSR count). The monoisotopic (exact) mass is 533 g/mol. The highest BCUT2D eigenvalue weighted by Crippen LogP contribution is 2.07. The number of primary amides is 2. The lowest BCUT2D eigenvalue weighted by Crippen LogP contribution is -2.59. The van der Waals surface area contributed by atoms with Crippen LogP contribution in [-0.4, -0.2) is 82.5 Å². The van der Waals surface area contributed by atoms with Crippen LogP contribution in [0.5, 0.6) is 0 Å². The van der Waals surface area contributed by atoms with Crippen molar-refractivity contribution in [1.82, 2.24) is 21.3 Å².